The minimum absolute atomic E-state index is 0. The van der Waals surface area contributed by atoms with Crippen LogP contribution in [0, 0.1) is 11.8 Å². The lowest BCUT2D eigenvalue weighted by atomic mass is 9.86. The molecule has 30 heavy (non-hydrogen) atoms. The molecule has 4 N–H and O–H groups in total. The zero-order valence-corrected chi connectivity index (χ0v) is 21.2. The minimum atomic E-state index is -0.364. The predicted octanol–water partition coefficient (Wildman–Crippen LogP) is 4.53. The molecule has 0 spiro atoms. The molecule has 6 nitrogen and oxygen atoms in total. The van der Waals surface area contributed by atoms with Crippen molar-refractivity contribution in [1.82, 2.24) is 0 Å². The highest BCUT2D eigenvalue weighted by atomic mass is 35.5. The quantitative estimate of drug-likeness (QED) is 0.573. The van der Waals surface area contributed by atoms with Crippen molar-refractivity contribution < 1.29 is 19.1 Å². The van der Waals surface area contributed by atoms with Crippen LogP contribution in [-0.2, 0) is 19.1 Å². The van der Waals surface area contributed by atoms with Gasteiger partial charge in [-0.2, -0.15) is 0 Å². The van der Waals surface area contributed by atoms with Crippen LogP contribution in [-0.4, -0.2) is 35.2 Å². The Bertz CT molecular complexity index is 456. The van der Waals surface area contributed by atoms with Gasteiger partial charge in [-0.3, -0.25) is 9.59 Å². The lowest BCUT2D eigenvalue weighted by Gasteiger charge is -2.28. The number of ether oxygens (including phenoxy) is 2. The van der Waals surface area contributed by atoms with Crippen molar-refractivity contribution in [3.05, 3.63) is 0 Å². The van der Waals surface area contributed by atoms with Crippen molar-refractivity contribution in [3.63, 3.8) is 0 Å². The Kier molecular flexibility index (Phi) is 14.5. The van der Waals surface area contributed by atoms with Crippen LogP contribution < -0.4 is 11.5 Å². The Balaban J connectivity index is 0. The number of hydrogen-bond acceptors (Lipinski definition) is 6. The molecular weight excluding hydrogens is 427 g/mol. The van der Waals surface area contributed by atoms with Gasteiger partial charge in [0.1, 0.15) is 11.2 Å². The second-order valence-corrected chi connectivity index (χ2v) is 10.3. The van der Waals surface area contributed by atoms with Crippen LogP contribution in [0.2, 0.25) is 0 Å². The van der Waals surface area contributed by atoms with E-state index in [1.54, 1.807) is 0 Å². The van der Waals surface area contributed by atoms with Crippen LogP contribution in [0.3, 0.4) is 0 Å². The number of carbonyl (C=O) groups excluding carboxylic acids is 2. The maximum absolute atomic E-state index is 11.7. The first-order valence-electron chi connectivity index (χ1n) is 10.7. The lowest BCUT2D eigenvalue weighted by Crippen LogP contribution is -2.34. The maximum atomic E-state index is 11.7. The highest BCUT2D eigenvalue weighted by molar-refractivity contribution is 5.85. The maximum Gasteiger partial charge on any atom is 0.309 e. The summed E-state index contributed by atoms with van der Waals surface area (Å²) >= 11 is 0. The van der Waals surface area contributed by atoms with Gasteiger partial charge in [0.05, 0.1) is 11.8 Å². The smallest absolute Gasteiger partial charge is 0.309 e. The molecule has 0 radical (unpaired) electrons. The summed E-state index contributed by atoms with van der Waals surface area (Å²) in [6.07, 6.45) is 7.33. The normalized spacial score (nSPS) is 26.7. The van der Waals surface area contributed by atoms with Crippen molar-refractivity contribution >= 4 is 36.8 Å². The topological polar surface area (TPSA) is 105 Å². The van der Waals surface area contributed by atoms with E-state index >= 15 is 0 Å². The Labute approximate surface area is 195 Å². The van der Waals surface area contributed by atoms with Gasteiger partial charge in [-0.1, -0.05) is 0 Å². The van der Waals surface area contributed by atoms with Crippen LogP contribution in [0.1, 0.15) is 92.9 Å². The summed E-state index contributed by atoms with van der Waals surface area (Å²) < 4.78 is 10.7. The second kappa shape index (κ2) is 13.8. The number of hydrogen-bond donors (Lipinski definition) is 2. The highest BCUT2D eigenvalue weighted by Crippen LogP contribution is 2.26. The molecule has 2 saturated carbocycles. The number of halogens is 2. The van der Waals surface area contributed by atoms with E-state index in [2.05, 4.69) is 0 Å². The summed E-state index contributed by atoms with van der Waals surface area (Å²) in [6.45, 7) is 11.4. The van der Waals surface area contributed by atoms with Crippen molar-refractivity contribution in [2.24, 2.45) is 23.3 Å². The van der Waals surface area contributed by atoms with Gasteiger partial charge in [-0.25, -0.2) is 0 Å². The first kappa shape index (κ1) is 31.6. The SMILES string of the molecule is CC(C)(C)OC(=O)C1CCC(N)CC1.CC(C)(C)OC(=O)C1CCC(N)CC1.Cl.Cl. The van der Waals surface area contributed by atoms with E-state index in [-0.39, 0.29) is 71.9 Å². The van der Waals surface area contributed by atoms with Crippen LogP contribution in [0.25, 0.3) is 0 Å². The summed E-state index contributed by atoms with van der Waals surface area (Å²) in [7, 11) is 0. The summed E-state index contributed by atoms with van der Waals surface area (Å²) in [5, 5.41) is 0. The minimum Gasteiger partial charge on any atom is -0.460 e. The van der Waals surface area contributed by atoms with Crippen LogP contribution in [0.5, 0.6) is 0 Å². The monoisotopic (exact) mass is 470 g/mol. The average Bonchev–Trinajstić information content (AvgIpc) is 2.53. The molecule has 2 fully saturated rings. The van der Waals surface area contributed by atoms with E-state index in [4.69, 9.17) is 20.9 Å². The molecule has 0 aromatic carbocycles. The molecule has 0 bridgehead atoms. The van der Waals surface area contributed by atoms with E-state index in [0.717, 1.165) is 51.4 Å². The summed E-state index contributed by atoms with van der Waals surface area (Å²) in [5.74, 6) is 0.0526. The largest absolute Gasteiger partial charge is 0.460 e. The number of nitrogens with two attached hydrogens (primary N) is 2. The zero-order valence-electron chi connectivity index (χ0n) is 19.6. The van der Waals surface area contributed by atoms with Crippen LogP contribution in [0.4, 0.5) is 0 Å². The summed E-state index contributed by atoms with van der Waals surface area (Å²) in [5.41, 5.74) is 10.8. The van der Waals surface area contributed by atoms with Crippen molar-refractivity contribution in [3.8, 4) is 0 Å². The third-order valence-electron chi connectivity index (χ3n) is 5.02. The molecule has 0 aromatic rings. The van der Waals surface area contributed by atoms with Gasteiger partial charge in [-0.05, 0) is 92.9 Å². The molecule has 0 heterocycles. The van der Waals surface area contributed by atoms with Crippen LogP contribution in [0.15, 0.2) is 0 Å². The van der Waals surface area contributed by atoms with E-state index in [9.17, 15) is 9.59 Å². The van der Waals surface area contributed by atoms with E-state index in [1.165, 1.54) is 0 Å². The number of rotatable bonds is 2. The molecule has 2 aliphatic rings. The van der Waals surface area contributed by atoms with Crippen molar-refractivity contribution in [2.45, 2.75) is 116 Å². The highest BCUT2D eigenvalue weighted by Gasteiger charge is 2.29. The molecule has 0 saturated heterocycles. The Morgan fingerprint density at radius 1 is 0.600 bits per heavy atom. The van der Waals surface area contributed by atoms with Crippen molar-refractivity contribution in [2.75, 3.05) is 0 Å². The third-order valence-corrected chi connectivity index (χ3v) is 5.02. The van der Waals surface area contributed by atoms with E-state index in [0.29, 0.717) is 0 Å². The van der Waals surface area contributed by atoms with Gasteiger partial charge in [0.25, 0.3) is 0 Å². The fourth-order valence-corrected chi connectivity index (χ4v) is 3.48. The molecule has 0 atom stereocenters. The second-order valence-electron chi connectivity index (χ2n) is 10.3. The lowest BCUT2D eigenvalue weighted by molar-refractivity contribution is -0.162. The van der Waals surface area contributed by atoms with Gasteiger partial charge in [0.15, 0.2) is 0 Å². The summed E-state index contributed by atoms with van der Waals surface area (Å²) in [4.78, 5) is 23.3. The Hall–Kier alpha value is -0.560. The average molecular weight is 472 g/mol. The van der Waals surface area contributed by atoms with Gasteiger partial charge in [-0.15, -0.1) is 24.8 Å². The molecule has 0 unspecified atom stereocenters. The number of carbonyl (C=O) groups is 2. The zero-order chi connectivity index (χ0) is 21.5. The van der Waals surface area contributed by atoms with Gasteiger partial charge in [0.2, 0.25) is 0 Å². The first-order valence-corrected chi connectivity index (χ1v) is 10.7. The molecular formula is C22H44Cl2N2O4. The Morgan fingerprint density at radius 2 is 0.833 bits per heavy atom. The third kappa shape index (κ3) is 13.7. The molecule has 2 aliphatic carbocycles. The summed E-state index contributed by atoms with van der Waals surface area (Å²) in [6, 6.07) is 0.572. The van der Waals surface area contributed by atoms with E-state index in [1.807, 2.05) is 41.5 Å². The first-order chi connectivity index (χ1) is 12.8. The molecule has 2 rings (SSSR count). The molecule has 0 aliphatic heterocycles. The van der Waals surface area contributed by atoms with Crippen LogP contribution >= 0.6 is 24.8 Å². The number of esters is 2. The fraction of sp³-hybridized carbons (Fsp3) is 0.909. The van der Waals surface area contributed by atoms with Crippen molar-refractivity contribution in [1.29, 1.82) is 0 Å². The van der Waals surface area contributed by atoms with Gasteiger partial charge < -0.3 is 20.9 Å². The van der Waals surface area contributed by atoms with Gasteiger partial charge >= 0.3 is 11.9 Å². The standard InChI is InChI=1S/2C11H21NO2.2ClH/c2*1-11(2,3)14-10(13)8-4-6-9(12)7-5-8;;/h2*8-9H,4-7,12H2,1-3H3;2*1H. The van der Waals surface area contributed by atoms with Gasteiger partial charge in [0, 0.05) is 12.1 Å². The predicted molar refractivity (Wildman–Crippen MR) is 126 cm³/mol. The molecule has 0 aromatic heterocycles. The molecule has 8 heteroatoms. The molecule has 0 amide bonds. The fourth-order valence-electron chi connectivity index (χ4n) is 3.48. The van der Waals surface area contributed by atoms with E-state index < -0.39 is 0 Å². The molecule has 180 valence electrons. The Morgan fingerprint density at radius 3 is 1.03 bits per heavy atom.